The van der Waals surface area contributed by atoms with Crippen molar-refractivity contribution in [1.82, 2.24) is 9.29 Å². The maximum Gasteiger partial charge on any atom is 0.295 e. The minimum Gasteiger partial charge on any atom is -0.493 e. The largest absolute Gasteiger partial charge is 0.493 e. The van der Waals surface area contributed by atoms with Crippen LogP contribution in [-0.4, -0.2) is 55.0 Å². The molecule has 1 aliphatic rings. The van der Waals surface area contributed by atoms with Gasteiger partial charge in [0, 0.05) is 24.0 Å². The SMILES string of the molecule is O=C(N=Nc1c(O)[nH]c2ccccc12)c1cccc(S(=O)(=O)N2CCOCC2)c1. The Kier molecular flexibility index (Phi) is 5.14. The second kappa shape index (κ2) is 7.74. The summed E-state index contributed by atoms with van der Waals surface area (Å²) < 4.78 is 32.0. The van der Waals surface area contributed by atoms with Crippen LogP contribution in [0, 0.1) is 0 Å². The van der Waals surface area contributed by atoms with Crippen LogP contribution in [0.5, 0.6) is 5.88 Å². The fourth-order valence-electron chi connectivity index (χ4n) is 3.09. The highest BCUT2D eigenvalue weighted by atomic mass is 32.2. The molecule has 150 valence electrons. The van der Waals surface area contributed by atoms with Crippen LogP contribution < -0.4 is 0 Å². The number of aromatic hydroxyl groups is 1. The third-order valence-electron chi connectivity index (χ3n) is 4.59. The van der Waals surface area contributed by atoms with Gasteiger partial charge in [0.1, 0.15) is 0 Å². The number of nitrogens with one attached hydrogen (secondary N) is 1. The monoisotopic (exact) mass is 414 g/mol. The number of H-pyrrole nitrogens is 1. The number of aromatic nitrogens is 1. The predicted octanol–water partition coefficient (Wildman–Crippen LogP) is 2.82. The number of rotatable bonds is 4. The van der Waals surface area contributed by atoms with E-state index in [9.17, 15) is 18.3 Å². The first-order chi connectivity index (χ1) is 14.0. The Bertz CT molecular complexity index is 1200. The Labute approximate surface area is 166 Å². The second-order valence-electron chi connectivity index (χ2n) is 6.42. The molecule has 0 saturated carbocycles. The van der Waals surface area contributed by atoms with Crippen molar-refractivity contribution < 1.29 is 23.1 Å². The van der Waals surface area contributed by atoms with Crippen molar-refractivity contribution in [3.05, 3.63) is 54.1 Å². The minimum atomic E-state index is -3.73. The molecule has 0 unspecified atom stereocenters. The minimum absolute atomic E-state index is 0.00962. The second-order valence-corrected chi connectivity index (χ2v) is 8.36. The van der Waals surface area contributed by atoms with Crippen molar-refractivity contribution in [2.75, 3.05) is 26.3 Å². The van der Waals surface area contributed by atoms with Crippen LogP contribution >= 0.6 is 0 Å². The third kappa shape index (κ3) is 3.77. The highest BCUT2D eigenvalue weighted by molar-refractivity contribution is 7.89. The number of benzene rings is 2. The molecule has 1 fully saturated rings. The van der Waals surface area contributed by atoms with Crippen molar-refractivity contribution in [2.45, 2.75) is 4.90 Å². The van der Waals surface area contributed by atoms with Crippen molar-refractivity contribution in [2.24, 2.45) is 10.2 Å². The topological polar surface area (TPSA) is 124 Å². The van der Waals surface area contributed by atoms with Gasteiger partial charge in [0.15, 0.2) is 5.69 Å². The standard InChI is InChI=1S/C19H18N4O5S/c24-18(22-21-17-15-6-1-2-7-16(15)20-19(17)25)13-4-3-5-14(12-13)29(26,27)23-8-10-28-11-9-23/h1-7,12,20,25H,8-11H2. The van der Waals surface area contributed by atoms with Gasteiger partial charge in [-0.05, 0) is 24.3 Å². The number of nitrogens with zero attached hydrogens (tertiary/aromatic N) is 3. The molecule has 1 aliphatic heterocycles. The molecule has 29 heavy (non-hydrogen) atoms. The van der Waals surface area contributed by atoms with E-state index in [0.29, 0.717) is 24.1 Å². The number of carbonyl (C=O) groups excluding carboxylic acids is 1. The first-order valence-electron chi connectivity index (χ1n) is 8.90. The molecule has 2 aromatic carbocycles. The van der Waals surface area contributed by atoms with Crippen molar-refractivity contribution in [3.63, 3.8) is 0 Å². The van der Waals surface area contributed by atoms with Gasteiger partial charge in [0.25, 0.3) is 5.91 Å². The van der Waals surface area contributed by atoms with Gasteiger partial charge in [-0.15, -0.1) is 10.2 Å². The lowest BCUT2D eigenvalue weighted by molar-refractivity contribution is 0.0730. The van der Waals surface area contributed by atoms with Crippen molar-refractivity contribution in [3.8, 4) is 5.88 Å². The van der Waals surface area contributed by atoms with Crippen molar-refractivity contribution in [1.29, 1.82) is 0 Å². The molecule has 0 bridgehead atoms. The fraction of sp³-hybridized carbons (Fsp3) is 0.211. The molecule has 0 aliphatic carbocycles. The van der Waals surface area contributed by atoms with Gasteiger partial charge in [-0.2, -0.15) is 4.31 Å². The number of amides is 1. The molecule has 0 atom stereocenters. The maximum absolute atomic E-state index is 12.8. The molecular weight excluding hydrogens is 396 g/mol. The van der Waals surface area contributed by atoms with E-state index < -0.39 is 15.9 Å². The zero-order valence-corrected chi connectivity index (χ0v) is 16.1. The summed E-state index contributed by atoms with van der Waals surface area (Å²) in [5.41, 5.74) is 0.887. The summed E-state index contributed by atoms with van der Waals surface area (Å²) >= 11 is 0. The maximum atomic E-state index is 12.8. The molecule has 9 nitrogen and oxygen atoms in total. The van der Waals surface area contributed by atoms with Crippen molar-refractivity contribution >= 4 is 32.5 Å². The first-order valence-corrected chi connectivity index (χ1v) is 10.3. The Morgan fingerprint density at radius 2 is 1.86 bits per heavy atom. The summed E-state index contributed by atoms with van der Waals surface area (Å²) in [5.74, 6) is -0.917. The Hall–Kier alpha value is -3.08. The molecule has 0 radical (unpaired) electrons. The molecule has 0 spiro atoms. The van der Waals surface area contributed by atoms with Gasteiger partial charge >= 0.3 is 0 Å². The zero-order chi connectivity index (χ0) is 20.4. The molecule has 2 N–H and O–H groups in total. The highest BCUT2D eigenvalue weighted by Crippen LogP contribution is 2.35. The number of morpholine rings is 1. The third-order valence-corrected chi connectivity index (χ3v) is 6.48. The summed E-state index contributed by atoms with van der Waals surface area (Å²) in [4.78, 5) is 15.2. The van der Waals surface area contributed by atoms with Gasteiger partial charge in [-0.25, -0.2) is 8.42 Å². The van der Waals surface area contributed by atoms with E-state index >= 15 is 0 Å². The first kappa shape index (κ1) is 19.2. The molecule has 3 aromatic rings. The molecule has 2 heterocycles. The number of ether oxygens (including phenoxy) is 1. The van der Waals surface area contributed by atoms with Crippen LogP contribution in [0.4, 0.5) is 5.69 Å². The van der Waals surface area contributed by atoms with Gasteiger partial charge < -0.3 is 14.8 Å². The zero-order valence-electron chi connectivity index (χ0n) is 15.3. The summed E-state index contributed by atoms with van der Waals surface area (Å²) in [5, 5.41) is 18.1. The Balaban J connectivity index is 1.60. The molecule has 10 heteroatoms. The summed E-state index contributed by atoms with van der Waals surface area (Å²) in [6.07, 6.45) is 0. The van der Waals surface area contributed by atoms with Crippen LogP contribution in [-0.2, 0) is 14.8 Å². The number of hydrogen-bond acceptors (Lipinski definition) is 6. The van der Waals surface area contributed by atoms with E-state index in [1.165, 1.54) is 28.6 Å². The smallest absolute Gasteiger partial charge is 0.295 e. The van der Waals surface area contributed by atoms with E-state index in [0.717, 1.165) is 0 Å². The van der Waals surface area contributed by atoms with Crippen LogP contribution in [0.2, 0.25) is 0 Å². The van der Waals surface area contributed by atoms with Gasteiger partial charge in [0.2, 0.25) is 15.9 Å². The van der Waals surface area contributed by atoms with Crippen LogP contribution in [0.15, 0.2) is 63.7 Å². The fourth-order valence-corrected chi connectivity index (χ4v) is 4.55. The summed E-state index contributed by atoms with van der Waals surface area (Å²) in [6.45, 7) is 1.19. The summed E-state index contributed by atoms with van der Waals surface area (Å²) in [7, 11) is -3.73. The number of sulfonamides is 1. The van der Waals surface area contributed by atoms with Crippen LogP contribution in [0.3, 0.4) is 0 Å². The summed E-state index contributed by atoms with van der Waals surface area (Å²) in [6, 6.07) is 12.7. The lowest BCUT2D eigenvalue weighted by Crippen LogP contribution is -2.40. The van der Waals surface area contributed by atoms with E-state index in [1.807, 2.05) is 0 Å². The number of para-hydroxylation sites is 1. The van der Waals surface area contributed by atoms with Crippen LogP contribution in [0.1, 0.15) is 10.4 Å². The number of fused-ring (bicyclic) bond motifs is 1. The Morgan fingerprint density at radius 3 is 2.66 bits per heavy atom. The normalized spacial score (nSPS) is 15.9. The van der Waals surface area contributed by atoms with E-state index in [1.54, 1.807) is 24.3 Å². The van der Waals surface area contributed by atoms with Gasteiger partial charge in [-0.3, -0.25) is 4.79 Å². The molecular formula is C19H18N4O5S. The quantitative estimate of drug-likeness (QED) is 0.635. The van der Waals surface area contributed by atoms with E-state index in [2.05, 4.69) is 15.2 Å². The molecule has 1 saturated heterocycles. The van der Waals surface area contributed by atoms with E-state index in [4.69, 9.17) is 4.74 Å². The predicted molar refractivity (Wildman–Crippen MR) is 105 cm³/mol. The number of aromatic amines is 1. The lowest BCUT2D eigenvalue weighted by Gasteiger charge is -2.26. The molecule has 4 rings (SSSR count). The van der Waals surface area contributed by atoms with Gasteiger partial charge in [-0.1, -0.05) is 24.3 Å². The molecule has 1 amide bonds. The lowest BCUT2D eigenvalue weighted by atomic mass is 10.2. The average molecular weight is 414 g/mol. The average Bonchev–Trinajstić information content (AvgIpc) is 3.07. The Morgan fingerprint density at radius 1 is 1.10 bits per heavy atom. The highest BCUT2D eigenvalue weighted by Gasteiger charge is 2.26. The number of azo groups is 1. The van der Waals surface area contributed by atoms with E-state index in [-0.39, 0.29) is 35.1 Å². The molecule has 1 aromatic heterocycles. The van der Waals surface area contributed by atoms with Gasteiger partial charge in [0.05, 0.1) is 23.6 Å². The number of carbonyl (C=O) groups is 1. The number of hydrogen-bond donors (Lipinski definition) is 2. The van der Waals surface area contributed by atoms with Crippen LogP contribution in [0.25, 0.3) is 10.9 Å².